The van der Waals surface area contributed by atoms with E-state index in [1.807, 2.05) is 11.9 Å². The van der Waals surface area contributed by atoms with Crippen molar-refractivity contribution in [3.8, 4) is 0 Å². The SMILES string of the molecule is COC(=O)CN(C)C1CC(C)(C)OC1(C)C. The monoisotopic (exact) mass is 229 g/mol. The van der Waals surface area contributed by atoms with E-state index in [1.165, 1.54) is 7.11 Å². The van der Waals surface area contributed by atoms with E-state index in [0.29, 0.717) is 6.54 Å². The van der Waals surface area contributed by atoms with Crippen molar-refractivity contribution in [1.29, 1.82) is 0 Å². The topological polar surface area (TPSA) is 38.8 Å². The number of hydrogen-bond donors (Lipinski definition) is 0. The van der Waals surface area contributed by atoms with E-state index in [-0.39, 0.29) is 23.2 Å². The van der Waals surface area contributed by atoms with Crippen molar-refractivity contribution in [2.45, 2.75) is 51.4 Å². The van der Waals surface area contributed by atoms with Crippen LogP contribution < -0.4 is 0 Å². The van der Waals surface area contributed by atoms with Gasteiger partial charge in [0.2, 0.25) is 0 Å². The first kappa shape index (κ1) is 13.5. The van der Waals surface area contributed by atoms with Crippen LogP contribution in [0.3, 0.4) is 0 Å². The van der Waals surface area contributed by atoms with Crippen molar-refractivity contribution in [1.82, 2.24) is 4.90 Å². The maximum absolute atomic E-state index is 11.2. The van der Waals surface area contributed by atoms with Gasteiger partial charge in [0.1, 0.15) is 0 Å². The quantitative estimate of drug-likeness (QED) is 0.686. The number of methoxy groups -OCH3 is 1. The Morgan fingerprint density at radius 1 is 1.44 bits per heavy atom. The largest absolute Gasteiger partial charge is 0.468 e. The fraction of sp³-hybridized carbons (Fsp3) is 0.917. The smallest absolute Gasteiger partial charge is 0.319 e. The van der Waals surface area contributed by atoms with Gasteiger partial charge in [0.25, 0.3) is 0 Å². The molecule has 0 radical (unpaired) electrons. The number of esters is 1. The first-order valence-corrected chi connectivity index (χ1v) is 5.65. The first-order valence-electron chi connectivity index (χ1n) is 5.65. The summed E-state index contributed by atoms with van der Waals surface area (Å²) in [5.41, 5.74) is -0.356. The van der Waals surface area contributed by atoms with Crippen molar-refractivity contribution in [3.05, 3.63) is 0 Å². The second-order valence-corrected chi connectivity index (χ2v) is 5.68. The van der Waals surface area contributed by atoms with Crippen molar-refractivity contribution in [3.63, 3.8) is 0 Å². The highest BCUT2D eigenvalue weighted by molar-refractivity contribution is 5.71. The third-order valence-electron chi connectivity index (χ3n) is 3.16. The van der Waals surface area contributed by atoms with Gasteiger partial charge in [-0.25, -0.2) is 0 Å². The number of rotatable bonds is 3. The Hall–Kier alpha value is -0.610. The second kappa shape index (κ2) is 4.34. The van der Waals surface area contributed by atoms with Gasteiger partial charge in [-0.15, -0.1) is 0 Å². The molecule has 0 spiro atoms. The predicted molar refractivity (Wildman–Crippen MR) is 62.3 cm³/mol. The lowest BCUT2D eigenvalue weighted by Crippen LogP contribution is -2.46. The highest BCUT2D eigenvalue weighted by Crippen LogP contribution is 2.39. The molecule has 94 valence electrons. The molecular weight excluding hydrogens is 206 g/mol. The molecule has 1 unspecified atom stereocenters. The van der Waals surface area contributed by atoms with E-state index in [1.54, 1.807) is 0 Å². The van der Waals surface area contributed by atoms with E-state index in [2.05, 4.69) is 32.4 Å². The van der Waals surface area contributed by atoms with E-state index >= 15 is 0 Å². The molecule has 0 aromatic carbocycles. The van der Waals surface area contributed by atoms with Gasteiger partial charge in [0.15, 0.2) is 0 Å². The summed E-state index contributed by atoms with van der Waals surface area (Å²) in [6.07, 6.45) is 0.924. The van der Waals surface area contributed by atoms with Crippen LogP contribution in [0.1, 0.15) is 34.1 Å². The zero-order valence-corrected chi connectivity index (χ0v) is 11.2. The van der Waals surface area contributed by atoms with Gasteiger partial charge in [0, 0.05) is 6.04 Å². The molecular formula is C12H23NO3. The van der Waals surface area contributed by atoms with Gasteiger partial charge in [-0.1, -0.05) is 0 Å². The number of carbonyl (C=O) groups excluding carboxylic acids is 1. The molecule has 1 rings (SSSR count). The van der Waals surface area contributed by atoms with E-state index in [9.17, 15) is 4.79 Å². The highest BCUT2D eigenvalue weighted by Gasteiger charge is 2.47. The Labute approximate surface area is 97.9 Å². The second-order valence-electron chi connectivity index (χ2n) is 5.68. The molecule has 1 heterocycles. The molecule has 0 saturated carbocycles. The summed E-state index contributed by atoms with van der Waals surface area (Å²) in [4.78, 5) is 13.3. The van der Waals surface area contributed by atoms with Crippen LogP contribution in [-0.4, -0.2) is 48.8 Å². The zero-order chi connectivity index (χ0) is 12.6. The molecule has 0 N–H and O–H groups in total. The molecule has 1 fully saturated rings. The van der Waals surface area contributed by atoms with E-state index in [0.717, 1.165) is 6.42 Å². The Bertz CT molecular complexity index is 273. The number of carbonyl (C=O) groups is 1. The summed E-state index contributed by atoms with van der Waals surface area (Å²) in [6, 6.07) is 0.238. The van der Waals surface area contributed by atoms with Crippen LogP contribution in [-0.2, 0) is 14.3 Å². The average molecular weight is 229 g/mol. The number of likely N-dealkylation sites (N-methyl/N-ethyl adjacent to an activating group) is 1. The molecule has 1 saturated heterocycles. The molecule has 4 heteroatoms. The van der Waals surface area contributed by atoms with Gasteiger partial charge in [0.05, 0.1) is 24.9 Å². The third-order valence-corrected chi connectivity index (χ3v) is 3.16. The maximum Gasteiger partial charge on any atom is 0.319 e. The maximum atomic E-state index is 11.2. The number of nitrogens with zero attached hydrogens (tertiary/aromatic N) is 1. The Morgan fingerprint density at radius 3 is 2.38 bits per heavy atom. The summed E-state index contributed by atoms with van der Waals surface area (Å²) < 4.78 is 10.7. The average Bonchev–Trinajstić information content (AvgIpc) is 2.34. The summed E-state index contributed by atoms with van der Waals surface area (Å²) in [5, 5.41) is 0. The Kier molecular flexibility index (Phi) is 3.65. The van der Waals surface area contributed by atoms with Gasteiger partial charge < -0.3 is 9.47 Å². The van der Waals surface area contributed by atoms with Crippen LogP contribution in [0.5, 0.6) is 0 Å². The number of hydrogen-bond acceptors (Lipinski definition) is 4. The van der Waals surface area contributed by atoms with Crippen LogP contribution in [0, 0.1) is 0 Å². The molecule has 0 bridgehead atoms. The van der Waals surface area contributed by atoms with Crippen LogP contribution in [0.4, 0.5) is 0 Å². The zero-order valence-electron chi connectivity index (χ0n) is 11.2. The molecule has 1 aliphatic rings. The summed E-state index contributed by atoms with van der Waals surface area (Å²) in [6.45, 7) is 8.62. The fourth-order valence-corrected chi connectivity index (χ4v) is 2.60. The van der Waals surface area contributed by atoms with E-state index in [4.69, 9.17) is 4.74 Å². The minimum absolute atomic E-state index is 0.126. The fourth-order valence-electron chi connectivity index (χ4n) is 2.60. The normalized spacial score (nSPS) is 27.1. The first-order chi connectivity index (χ1) is 7.18. The molecule has 1 atom stereocenters. The molecule has 16 heavy (non-hydrogen) atoms. The predicted octanol–water partition coefficient (Wildman–Crippen LogP) is 1.44. The molecule has 0 aliphatic carbocycles. The Morgan fingerprint density at radius 2 is 2.00 bits per heavy atom. The molecule has 0 aromatic heterocycles. The van der Waals surface area contributed by atoms with Crippen molar-refractivity contribution < 1.29 is 14.3 Å². The lowest BCUT2D eigenvalue weighted by atomic mass is 9.93. The van der Waals surface area contributed by atoms with E-state index < -0.39 is 0 Å². The standard InChI is InChI=1S/C12H23NO3/c1-11(2)7-9(12(3,4)16-11)13(5)8-10(14)15-6/h9H,7-8H2,1-6H3. The van der Waals surface area contributed by atoms with Crippen LogP contribution in [0.2, 0.25) is 0 Å². The highest BCUT2D eigenvalue weighted by atomic mass is 16.5. The summed E-state index contributed by atoms with van der Waals surface area (Å²) >= 11 is 0. The minimum Gasteiger partial charge on any atom is -0.468 e. The van der Waals surface area contributed by atoms with Crippen molar-refractivity contribution in [2.75, 3.05) is 20.7 Å². The van der Waals surface area contributed by atoms with Crippen LogP contribution in [0.15, 0.2) is 0 Å². The third kappa shape index (κ3) is 2.95. The lowest BCUT2D eigenvalue weighted by molar-refractivity contribution is -0.143. The minimum atomic E-state index is -0.230. The molecule has 1 aliphatic heterocycles. The van der Waals surface area contributed by atoms with Crippen LogP contribution in [0.25, 0.3) is 0 Å². The summed E-state index contributed by atoms with van der Waals surface area (Å²) in [5.74, 6) is -0.206. The number of ether oxygens (including phenoxy) is 2. The Balaban J connectivity index is 2.69. The van der Waals surface area contributed by atoms with Gasteiger partial charge >= 0.3 is 5.97 Å². The van der Waals surface area contributed by atoms with Gasteiger partial charge in [-0.3, -0.25) is 9.69 Å². The molecule has 4 nitrogen and oxygen atoms in total. The van der Waals surface area contributed by atoms with Gasteiger partial charge in [-0.2, -0.15) is 0 Å². The van der Waals surface area contributed by atoms with Crippen molar-refractivity contribution in [2.24, 2.45) is 0 Å². The molecule has 0 aromatic rings. The summed E-state index contributed by atoms with van der Waals surface area (Å²) in [7, 11) is 3.35. The lowest BCUT2D eigenvalue weighted by Gasteiger charge is -2.32. The molecule has 0 amide bonds. The van der Waals surface area contributed by atoms with Crippen molar-refractivity contribution >= 4 is 5.97 Å². The van der Waals surface area contributed by atoms with Gasteiger partial charge in [-0.05, 0) is 41.2 Å². The van der Waals surface area contributed by atoms with Crippen LogP contribution >= 0.6 is 0 Å².